The number of hydrogen-bond acceptors (Lipinski definition) is 6. The van der Waals surface area contributed by atoms with Crippen molar-refractivity contribution in [3.63, 3.8) is 0 Å². The van der Waals surface area contributed by atoms with Crippen LogP contribution in [-0.2, 0) is 0 Å². The van der Waals surface area contributed by atoms with E-state index in [1.165, 1.54) is 32.1 Å². The fourth-order valence-electron chi connectivity index (χ4n) is 3.22. The summed E-state index contributed by atoms with van der Waals surface area (Å²) in [5.74, 6) is 1.46. The molecule has 1 fully saturated rings. The minimum absolute atomic E-state index is 0.440. The summed E-state index contributed by atoms with van der Waals surface area (Å²) in [5, 5.41) is 6.90. The Balaban J connectivity index is 1.85. The SMILES string of the molecule is CCCCNc1ncc(-c2ccc(C=O)cn2)c(NC2CCCCC2)n1. The molecule has 138 valence electrons. The van der Waals surface area contributed by atoms with Gasteiger partial charge in [0.2, 0.25) is 5.95 Å². The van der Waals surface area contributed by atoms with Gasteiger partial charge in [0.15, 0.2) is 6.29 Å². The predicted octanol–water partition coefficient (Wildman–Crippen LogP) is 4.31. The molecule has 2 N–H and O–H groups in total. The van der Waals surface area contributed by atoms with Crippen molar-refractivity contribution in [3.8, 4) is 11.3 Å². The van der Waals surface area contributed by atoms with Crippen molar-refractivity contribution < 1.29 is 4.79 Å². The highest BCUT2D eigenvalue weighted by atomic mass is 16.1. The molecular weight excluding hydrogens is 326 g/mol. The molecule has 26 heavy (non-hydrogen) atoms. The standard InChI is InChI=1S/C20H27N5O/c1-2-3-11-21-20-23-13-17(18-10-9-15(14-26)12-22-18)19(25-20)24-16-7-5-4-6-8-16/h9-10,12-14,16H,2-8,11H2,1H3,(H2,21,23,24,25). The molecule has 0 unspecified atom stereocenters. The van der Waals surface area contributed by atoms with Crippen molar-refractivity contribution in [2.45, 2.75) is 57.9 Å². The van der Waals surface area contributed by atoms with Gasteiger partial charge >= 0.3 is 0 Å². The van der Waals surface area contributed by atoms with Gasteiger partial charge in [0, 0.05) is 30.5 Å². The Morgan fingerprint density at radius 1 is 1.15 bits per heavy atom. The third-order valence-electron chi connectivity index (χ3n) is 4.75. The third-order valence-corrected chi connectivity index (χ3v) is 4.75. The minimum atomic E-state index is 0.440. The van der Waals surface area contributed by atoms with Gasteiger partial charge in [-0.1, -0.05) is 32.6 Å². The second-order valence-corrected chi connectivity index (χ2v) is 6.81. The van der Waals surface area contributed by atoms with E-state index >= 15 is 0 Å². The number of aromatic nitrogens is 3. The zero-order chi connectivity index (χ0) is 18.2. The first kappa shape index (κ1) is 18.3. The van der Waals surface area contributed by atoms with E-state index in [1.54, 1.807) is 12.3 Å². The molecule has 6 nitrogen and oxygen atoms in total. The lowest BCUT2D eigenvalue weighted by molar-refractivity contribution is 0.112. The second-order valence-electron chi connectivity index (χ2n) is 6.81. The van der Waals surface area contributed by atoms with Crippen LogP contribution >= 0.6 is 0 Å². The molecule has 0 aliphatic heterocycles. The molecule has 0 atom stereocenters. The lowest BCUT2D eigenvalue weighted by atomic mass is 9.95. The lowest BCUT2D eigenvalue weighted by Crippen LogP contribution is -2.23. The highest BCUT2D eigenvalue weighted by molar-refractivity contribution is 5.77. The Labute approximate surface area is 154 Å². The number of anilines is 2. The van der Waals surface area contributed by atoms with Crippen LogP contribution in [0, 0.1) is 0 Å². The number of carbonyl (C=O) groups excluding carboxylic acids is 1. The van der Waals surface area contributed by atoms with Crippen LogP contribution in [0.1, 0.15) is 62.2 Å². The third kappa shape index (κ3) is 4.77. The molecule has 0 aromatic carbocycles. The van der Waals surface area contributed by atoms with Gasteiger partial charge in [-0.05, 0) is 31.4 Å². The fraction of sp³-hybridized carbons (Fsp3) is 0.500. The molecule has 2 heterocycles. The van der Waals surface area contributed by atoms with Crippen LogP contribution in [0.5, 0.6) is 0 Å². The van der Waals surface area contributed by atoms with Crippen molar-refractivity contribution in [2.24, 2.45) is 0 Å². The first-order chi connectivity index (χ1) is 12.8. The highest BCUT2D eigenvalue weighted by Crippen LogP contribution is 2.28. The van der Waals surface area contributed by atoms with Crippen LogP contribution in [0.4, 0.5) is 11.8 Å². The number of carbonyl (C=O) groups is 1. The molecule has 2 aromatic rings. The van der Waals surface area contributed by atoms with Crippen molar-refractivity contribution in [1.82, 2.24) is 15.0 Å². The van der Waals surface area contributed by atoms with E-state index in [4.69, 9.17) is 4.98 Å². The number of aldehydes is 1. The van der Waals surface area contributed by atoms with Crippen molar-refractivity contribution >= 4 is 18.1 Å². The Kier molecular flexibility index (Phi) is 6.52. The van der Waals surface area contributed by atoms with E-state index in [2.05, 4.69) is 27.5 Å². The summed E-state index contributed by atoms with van der Waals surface area (Å²) in [4.78, 5) is 24.4. The average Bonchev–Trinajstić information content (AvgIpc) is 2.69. The Morgan fingerprint density at radius 3 is 2.69 bits per heavy atom. The van der Waals surface area contributed by atoms with E-state index in [0.29, 0.717) is 17.6 Å². The van der Waals surface area contributed by atoms with Crippen molar-refractivity contribution in [2.75, 3.05) is 17.2 Å². The first-order valence-electron chi connectivity index (χ1n) is 9.59. The number of nitrogens with zero attached hydrogens (tertiary/aromatic N) is 3. The van der Waals surface area contributed by atoms with Crippen LogP contribution in [0.25, 0.3) is 11.3 Å². The quantitative estimate of drug-likeness (QED) is 0.544. The van der Waals surface area contributed by atoms with E-state index < -0.39 is 0 Å². The molecule has 6 heteroatoms. The van der Waals surface area contributed by atoms with Gasteiger partial charge in [-0.3, -0.25) is 9.78 Å². The van der Waals surface area contributed by atoms with Gasteiger partial charge in [-0.15, -0.1) is 0 Å². The summed E-state index contributed by atoms with van der Waals surface area (Å²) in [7, 11) is 0. The summed E-state index contributed by atoms with van der Waals surface area (Å²) in [5.41, 5.74) is 2.21. The molecule has 3 rings (SSSR count). The predicted molar refractivity (Wildman–Crippen MR) is 105 cm³/mol. The lowest BCUT2D eigenvalue weighted by Gasteiger charge is -2.24. The Morgan fingerprint density at radius 2 is 2.00 bits per heavy atom. The van der Waals surface area contributed by atoms with Crippen LogP contribution < -0.4 is 10.6 Å². The molecule has 0 bridgehead atoms. The topological polar surface area (TPSA) is 79.8 Å². The summed E-state index contributed by atoms with van der Waals surface area (Å²) in [6.45, 7) is 3.03. The van der Waals surface area contributed by atoms with E-state index in [0.717, 1.165) is 42.7 Å². The number of rotatable bonds is 8. The maximum absolute atomic E-state index is 10.9. The highest BCUT2D eigenvalue weighted by Gasteiger charge is 2.17. The summed E-state index contributed by atoms with van der Waals surface area (Å²) in [6, 6.07) is 4.06. The molecular formula is C20H27N5O. The minimum Gasteiger partial charge on any atom is -0.367 e. The van der Waals surface area contributed by atoms with Crippen LogP contribution in [-0.4, -0.2) is 33.8 Å². The van der Waals surface area contributed by atoms with Crippen LogP contribution in [0.15, 0.2) is 24.5 Å². The monoisotopic (exact) mass is 353 g/mol. The van der Waals surface area contributed by atoms with Crippen LogP contribution in [0.2, 0.25) is 0 Å². The summed E-state index contributed by atoms with van der Waals surface area (Å²) >= 11 is 0. The van der Waals surface area contributed by atoms with E-state index in [1.807, 2.05) is 12.3 Å². The molecule has 2 aromatic heterocycles. The number of pyridine rings is 1. The molecule has 0 spiro atoms. The summed E-state index contributed by atoms with van der Waals surface area (Å²) in [6.07, 6.45) is 12.6. The van der Waals surface area contributed by atoms with Gasteiger partial charge in [0.25, 0.3) is 0 Å². The zero-order valence-electron chi connectivity index (χ0n) is 15.4. The zero-order valence-corrected chi connectivity index (χ0v) is 15.4. The van der Waals surface area contributed by atoms with Crippen molar-refractivity contribution in [3.05, 3.63) is 30.1 Å². The van der Waals surface area contributed by atoms with E-state index in [-0.39, 0.29) is 0 Å². The molecule has 1 aliphatic rings. The smallest absolute Gasteiger partial charge is 0.224 e. The molecule has 1 aliphatic carbocycles. The van der Waals surface area contributed by atoms with Crippen molar-refractivity contribution in [1.29, 1.82) is 0 Å². The van der Waals surface area contributed by atoms with Gasteiger partial charge < -0.3 is 10.6 Å². The van der Waals surface area contributed by atoms with Gasteiger partial charge in [-0.2, -0.15) is 4.98 Å². The molecule has 1 saturated carbocycles. The summed E-state index contributed by atoms with van der Waals surface area (Å²) < 4.78 is 0. The maximum atomic E-state index is 10.9. The number of hydrogen-bond donors (Lipinski definition) is 2. The molecule has 0 saturated heterocycles. The van der Waals surface area contributed by atoms with Gasteiger partial charge in [-0.25, -0.2) is 4.98 Å². The average molecular weight is 353 g/mol. The second kappa shape index (κ2) is 9.27. The molecule has 0 amide bonds. The first-order valence-corrected chi connectivity index (χ1v) is 9.59. The normalized spacial score (nSPS) is 14.8. The maximum Gasteiger partial charge on any atom is 0.224 e. The Hall–Kier alpha value is -2.50. The van der Waals surface area contributed by atoms with Gasteiger partial charge in [0.1, 0.15) is 5.82 Å². The largest absolute Gasteiger partial charge is 0.367 e. The van der Waals surface area contributed by atoms with Crippen LogP contribution in [0.3, 0.4) is 0 Å². The fourth-order valence-corrected chi connectivity index (χ4v) is 3.22. The Bertz CT molecular complexity index is 711. The number of nitrogens with one attached hydrogen (secondary N) is 2. The van der Waals surface area contributed by atoms with E-state index in [9.17, 15) is 4.79 Å². The molecule has 0 radical (unpaired) electrons. The number of unbranched alkanes of at least 4 members (excludes halogenated alkanes) is 1. The van der Waals surface area contributed by atoms with Gasteiger partial charge in [0.05, 0.1) is 11.3 Å².